The van der Waals surface area contributed by atoms with Crippen molar-refractivity contribution in [2.75, 3.05) is 0 Å². The Morgan fingerprint density at radius 1 is 1.54 bits per heavy atom. The van der Waals surface area contributed by atoms with Gasteiger partial charge in [0.25, 0.3) is 6.43 Å². The normalized spacial score (nSPS) is 10.9. The summed E-state index contributed by atoms with van der Waals surface area (Å²) in [7, 11) is 0. The summed E-state index contributed by atoms with van der Waals surface area (Å²) >= 11 is 1.68. The van der Waals surface area contributed by atoms with Crippen LogP contribution in [0.1, 0.15) is 17.7 Å². The van der Waals surface area contributed by atoms with Gasteiger partial charge in [-0.2, -0.15) is 4.39 Å². The Morgan fingerprint density at radius 3 is 2.62 bits per heavy atom. The minimum absolute atomic E-state index is 0.0433. The predicted octanol–water partition coefficient (Wildman–Crippen LogP) is 2.22. The fraction of sp³-hybridized carbons (Fsp3) is 0.286. The maximum Gasteiger partial charge on any atom is 0.281 e. The molecule has 2 N–H and O–H groups in total. The highest BCUT2D eigenvalue weighted by Crippen LogP contribution is 2.23. The molecule has 6 heteroatoms. The van der Waals surface area contributed by atoms with Crippen LogP contribution in [0.25, 0.3) is 0 Å². The van der Waals surface area contributed by atoms with Crippen molar-refractivity contribution in [3.63, 3.8) is 0 Å². The third-order valence-electron chi connectivity index (χ3n) is 1.46. The topological polar surface area (TPSA) is 38.9 Å². The summed E-state index contributed by atoms with van der Waals surface area (Å²) in [6, 6.07) is 1.28. The highest BCUT2D eigenvalue weighted by Gasteiger charge is 2.16. The molecule has 0 bridgehead atoms. The predicted molar refractivity (Wildman–Crippen MR) is 49.8 cm³/mol. The average Bonchev–Trinajstić information content (AvgIpc) is 2.07. The molecule has 0 aliphatic carbocycles. The summed E-state index contributed by atoms with van der Waals surface area (Å²) in [6.07, 6.45) is -2.76. The molecule has 0 unspecified atom stereocenters. The van der Waals surface area contributed by atoms with E-state index in [0.29, 0.717) is 0 Å². The van der Waals surface area contributed by atoms with E-state index in [4.69, 9.17) is 5.73 Å². The first kappa shape index (κ1) is 10.7. The second-order valence-corrected chi connectivity index (χ2v) is 3.47. The van der Waals surface area contributed by atoms with Crippen molar-refractivity contribution in [2.45, 2.75) is 13.0 Å². The molecule has 1 aromatic heterocycles. The molecule has 0 spiro atoms. The Hall–Kier alpha value is -0.370. The highest BCUT2D eigenvalue weighted by molar-refractivity contribution is 14.1. The van der Waals surface area contributed by atoms with Gasteiger partial charge in [0.15, 0.2) is 0 Å². The summed E-state index contributed by atoms with van der Waals surface area (Å²) in [5, 5.41) is 0. The van der Waals surface area contributed by atoms with Gasteiger partial charge in [0.05, 0.1) is 0 Å². The quantitative estimate of drug-likeness (QED) is 0.672. The second kappa shape index (κ2) is 4.23. The average molecular weight is 302 g/mol. The van der Waals surface area contributed by atoms with E-state index >= 15 is 0 Å². The minimum atomic E-state index is -2.76. The Bertz CT molecular complexity index is 317. The summed E-state index contributed by atoms with van der Waals surface area (Å²) in [6.45, 7) is -0.0433. The molecule has 0 aromatic carbocycles. The number of pyridine rings is 1. The van der Waals surface area contributed by atoms with Gasteiger partial charge in [-0.3, -0.25) is 0 Å². The van der Waals surface area contributed by atoms with Gasteiger partial charge in [-0.1, -0.05) is 0 Å². The fourth-order valence-electron chi connectivity index (χ4n) is 0.814. The standard InChI is InChI=1S/C7H6F3IN2/c8-6(9)5-4(11)1-3(2-12)7(10)13-5/h1,6H,2,12H2. The number of aromatic nitrogens is 1. The van der Waals surface area contributed by atoms with E-state index in [1.807, 2.05) is 0 Å². The van der Waals surface area contributed by atoms with Gasteiger partial charge in [0, 0.05) is 15.7 Å². The molecule has 13 heavy (non-hydrogen) atoms. The van der Waals surface area contributed by atoms with Crippen LogP contribution in [0.5, 0.6) is 0 Å². The SMILES string of the molecule is NCc1cc(I)c(C(F)F)nc1F. The summed E-state index contributed by atoms with van der Waals surface area (Å²) in [5.41, 5.74) is 4.79. The molecule has 0 saturated carbocycles. The van der Waals surface area contributed by atoms with E-state index in [-0.39, 0.29) is 15.7 Å². The highest BCUT2D eigenvalue weighted by atomic mass is 127. The van der Waals surface area contributed by atoms with E-state index in [9.17, 15) is 13.2 Å². The summed E-state index contributed by atoms with van der Waals surface area (Å²) in [4.78, 5) is 3.14. The van der Waals surface area contributed by atoms with Crippen LogP contribution in [0.3, 0.4) is 0 Å². The molecule has 0 amide bonds. The molecule has 2 nitrogen and oxygen atoms in total. The minimum Gasteiger partial charge on any atom is -0.326 e. The number of nitrogens with two attached hydrogens (primary N) is 1. The smallest absolute Gasteiger partial charge is 0.281 e. The molecule has 0 aliphatic heterocycles. The van der Waals surface area contributed by atoms with Crippen LogP contribution in [-0.2, 0) is 6.54 Å². The van der Waals surface area contributed by atoms with Gasteiger partial charge in [-0.25, -0.2) is 13.8 Å². The molecule has 72 valence electrons. The lowest BCUT2D eigenvalue weighted by atomic mass is 10.2. The lowest BCUT2D eigenvalue weighted by Crippen LogP contribution is -2.06. The zero-order chi connectivity index (χ0) is 10.0. The van der Waals surface area contributed by atoms with Gasteiger partial charge in [0.1, 0.15) is 5.69 Å². The molecule has 0 saturated heterocycles. The van der Waals surface area contributed by atoms with Crippen molar-refractivity contribution in [1.82, 2.24) is 4.98 Å². The van der Waals surface area contributed by atoms with Gasteiger partial charge >= 0.3 is 0 Å². The van der Waals surface area contributed by atoms with E-state index in [1.165, 1.54) is 6.07 Å². The second-order valence-electron chi connectivity index (χ2n) is 2.31. The van der Waals surface area contributed by atoms with Gasteiger partial charge in [-0.15, -0.1) is 0 Å². The van der Waals surface area contributed by atoms with Gasteiger partial charge < -0.3 is 5.73 Å². The van der Waals surface area contributed by atoms with E-state index in [2.05, 4.69) is 4.98 Å². The molecule has 0 atom stereocenters. The number of hydrogen-bond donors (Lipinski definition) is 1. The molecule has 1 heterocycles. The van der Waals surface area contributed by atoms with Crippen LogP contribution in [0.2, 0.25) is 0 Å². The van der Waals surface area contributed by atoms with Crippen LogP contribution in [-0.4, -0.2) is 4.98 Å². The Labute approximate surface area is 86.5 Å². The molecule has 1 aromatic rings. The Morgan fingerprint density at radius 2 is 2.15 bits per heavy atom. The number of alkyl halides is 2. The fourth-order valence-corrected chi connectivity index (χ4v) is 1.55. The van der Waals surface area contributed by atoms with Crippen LogP contribution >= 0.6 is 22.6 Å². The van der Waals surface area contributed by atoms with Crippen LogP contribution in [0, 0.1) is 9.52 Å². The molecule has 1 rings (SSSR count). The van der Waals surface area contributed by atoms with Crippen molar-refractivity contribution < 1.29 is 13.2 Å². The zero-order valence-electron chi connectivity index (χ0n) is 6.40. The molecular formula is C7H6F3IN2. The lowest BCUT2D eigenvalue weighted by molar-refractivity contribution is 0.143. The number of hydrogen-bond acceptors (Lipinski definition) is 2. The van der Waals surface area contributed by atoms with E-state index in [1.54, 1.807) is 22.6 Å². The van der Waals surface area contributed by atoms with Crippen LogP contribution < -0.4 is 5.73 Å². The monoisotopic (exact) mass is 302 g/mol. The van der Waals surface area contributed by atoms with E-state index in [0.717, 1.165) is 0 Å². The van der Waals surface area contributed by atoms with Crippen molar-refractivity contribution in [3.8, 4) is 0 Å². The first-order valence-corrected chi connectivity index (χ1v) is 4.47. The number of rotatable bonds is 2. The number of nitrogens with zero attached hydrogens (tertiary/aromatic N) is 1. The lowest BCUT2D eigenvalue weighted by Gasteiger charge is -2.05. The van der Waals surface area contributed by atoms with Crippen molar-refractivity contribution in [3.05, 3.63) is 26.8 Å². The van der Waals surface area contributed by atoms with Crippen molar-refractivity contribution in [2.24, 2.45) is 5.73 Å². The van der Waals surface area contributed by atoms with Crippen molar-refractivity contribution >= 4 is 22.6 Å². The summed E-state index contributed by atoms with van der Waals surface area (Å²) < 4.78 is 37.5. The molecule has 0 fully saturated rings. The number of halogens is 4. The molecule has 0 aliphatic rings. The first-order valence-electron chi connectivity index (χ1n) is 3.39. The van der Waals surface area contributed by atoms with Gasteiger partial charge in [-0.05, 0) is 28.7 Å². The van der Waals surface area contributed by atoms with Gasteiger partial charge in [0.2, 0.25) is 5.95 Å². The first-order chi connectivity index (χ1) is 6.06. The van der Waals surface area contributed by atoms with Crippen LogP contribution in [0.4, 0.5) is 13.2 Å². The van der Waals surface area contributed by atoms with E-state index < -0.39 is 18.1 Å². The summed E-state index contributed by atoms with van der Waals surface area (Å²) in [5.74, 6) is -0.918. The largest absolute Gasteiger partial charge is 0.326 e. The Balaban J connectivity index is 3.20. The van der Waals surface area contributed by atoms with Crippen molar-refractivity contribution in [1.29, 1.82) is 0 Å². The Kier molecular flexibility index (Phi) is 3.48. The zero-order valence-corrected chi connectivity index (χ0v) is 8.56. The molecule has 0 radical (unpaired) electrons. The maximum atomic E-state index is 12.9. The van der Waals surface area contributed by atoms with Crippen LogP contribution in [0.15, 0.2) is 6.07 Å². The molecular weight excluding hydrogens is 296 g/mol. The maximum absolute atomic E-state index is 12.9. The third-order valence-corrected chi connectivity index (χ3v) is 2.32. The third kappa shape index (κ3) is 2.31.